The Labute approximate surface area is 247 Å². The number of aromatic carboxylic acids is 1. The van der Waals surface area contributed by atoms with Crippen LogP contribution in [0.5, 0.6) is 0 Å². The van der Waals surface area contributed by atoms with E-state index >= 15 is 0 Å². The molecule has 0 radical (unpaired) electrons. The van der Waals surface area contributed by atoms with E-state index in [4.69, 9.17) is 0 Å². The van der Waals surface area contributed by atoms with Crippen molar-refractivity contribution in [3.05, 3.63) is 173 Å². The summed E-state index contributed by atoms with van der Waals surface area (Å²) in [6.45, 7) is 0.977. The molecule has 0 saturated heterocycles. The van der Waals surface area contributed by atoms with Crippen molar-refractivity contribution in [1.82, 2.24) is 9.88 Å². The molecule has 1 aromatic heterocycles. The largest absolute Gasteiger partial charge is 0.478 e. The summed E-state index contributed by atoms with van der Waals surface area (Å²) in [5.74, 6) is -1.16. The molecule has 1 N–H and O–H groups in total. The summed E-state index contributed by atoms with van der Waals surface area (Å²) in [5.41, 5.74) is 4.94. The van der Waals surface area contributed by atoms with Crippen LogP contribution >= 0.6 is 0 Å². The van der Waals surface area contributed by atoms with Crippen LogP contribution in [-0.2, 0) is 0 Å². The van der Waals surface area contributed by atoms with Crippen LogP contribution in [0.15, 0.2) is 140 Å². The highest BCUT2D eigenvalue weighted by Gasteiger charge is 2.24. The molecular weight excluding hydrogens is 520 g/mol. The fourth-order valence-corrected chi connectivity index (χ4v) is 5.52. The van der Waals surface area contributed by atoms with E-state index in [9.17, 15) is 14.7 Å². The van der Waals surface area contributed by atoms with Crippen LogP contribution in [0.2, 0.25) is 0 Å². The Morgan fingerprint density at radius 2 is 0.976 bits per heavy atom. The molecule has 0 aliphatic rings. The number of carboxylic acids is 1. The normalized spacial score (nSPS) is 11.0. The van der Waals surface area contributed by atoms with Gasteiger partial charge in [0, 0.05) is 31.1 Å². The predicted molar refractivity (Wildman–Crippen MR) is 166 cm³/mol. The first-order valence-corrected chi connectivity index (χ1v) is 14.3. The molecule has 1 amide bonds. The van der Waals surface area contributed by atoms with Gasteiger partial charge < -0.3 is 10.0 Å². The van der Waals surface area contributed by atoms with Crippen LogP contribution in [0, 0.1) is 0 Å². The fourth-order valence-electron chi connectivity index (χ4n) is 5.52. The topological polar surface area (TPSA) is 70.5 Å². The van der Waals surface area contributed by atoms with Gasteiger partial charge in [0.2, 0.25) is 0 Å². The van der Waals surface area contributed by atoms with Gasteiger partial charge in [0.15, 0.2) is 0 Å². The highest BCUT2D eigenvalue weighted by Crippen LogP contribution is 2.31. The van der Waals surface area contributed by atoms with Gasteiger partial charge in [-0.25, -0.2) is 4.79 Å². The first-order valence-electron chi connectivity index (χ1n) is 14.3. The van der Waals surface area contributed by atoms with Crippen molar-refractivity contribution in [3.8, 4) is 0 Å². The van der Waals surface area contributed by atoms with E-state index in [0.717, 1.165) is 0 Å². The zero-order chi connectivity index (χ0) is 29.1. The Hall–Kier alpha value is -5.03. The lowest BCUT2D eigenvalue weighted by molar-refractivity contribution is 0.0696. The number of hydrogen-bond donors (Lipinski definition) is 1. The molecule has 4 aromatic carbocycles. The number of benzene rings is 4. The highest BCUT2D eigenvalue weighted by molar-refractivity contribution is 5.95. The highest BCUT2D eigenvalue weighted by atomic mass is 16.4. The molecule has 5 nitrogen and oxygen atoms in total. The Balaban J connectivity index is 1.45. The van der Waals surface area contributed by atoms with Gasteiger partial charge in [-0.15, -0.1) is 0 Å². The number of aromatic nitrogens is 1. The first kappa shape index (κ1) is 28.5. The summed E-state index contributed by atoms with van der Waals surface area (Å²) in [4.78, 5) is 31.7. The number of amides is 1. The number of rotatable bonds is 12. The van der Waals surface area contributed by atoms with Gasteiger partial charge in [0.25, 0.3) is 5.91 Å². The molecule has 0 bridgehead atoms. The molecule has 0 fully saturated rings. The second-order valence-electron chi connectivity index (χ2n) is 10.4. The number of carbonyl (C=O) groups is 2. The minimum Gasteiger partial charge on any atom is -0.478 e. The Morgan fingerprint density at radius 1 is 0.595 bits per heavy atom. The summed E-state index contributed by atoms with van der Waals surface area (Å²) < 4.78 is 0. The van der Waals surface area contributed by atoms with Gasteiger partial charge in [-0.05, 0) is 47.2 Å². The van der Waals surface area contributed by atoms with Crippen molar-refractivity contribution in [2.75, 3.05) is 13.1 Å². The molecule has 0 atom stereocenters. The van der Waals surface area contributed by atoms with Crippen molar-refractivity contribution in [3.63, 3.8) is 0 Å². The Bertz CT molecular complexity index is 1410. The van der Waals surface area contributed by atoms with E-state index in [1.165, 1.54) is 40.6 Å². The van der Waals surface area contributed by atoms with Crippen LogP contribution in [-0.4, -0.2) is 40.0 Å². The van der Waals surface area contributed by atoms with Crippen LogP contribution in [0.4, 0.5) is 0 Å². The molecule has 1 heterocycles. The summed E-state index contributed by atoms with van der Waals surface area (Å²) in [6.07, 6.45) is 2.81. The maximum atomic E-state index is 14.0. The molecule has 210 valence electrons. The van der Waals surface area contributed by atoms with Crippen LogP contribution in [0.3, 0.4) is 0 Å². The maximum Gasteiger partial charge on any atom is 0.335 e. The third-order valence-electron chi connectivity index (χ3n) is 7.70. The van der Waals surface area contributed by atoms with Crippen molar-refractivity contribution in [1.29, 1.82) is 0 Å². The average molecular weight is 555 g/mol. The average Bonchev–Trinajstić information content (AvgIpc) is 3.05. The number of pyridine rings is 1. The lowest BCUT2D eigenvalue weighted by Crippen LogP contribution is -2.35. The quantitative estimate of drug-likeness (QED) is 0.172. The van der Waals surface area contributed by atoms with Crippen LogP contribution in [0.25, 0.3) is 0 Å². The fraction of sp³-hybridized carbons (Fsp3) is 0.162. The molecule has 0 spiro atoms. The lowest BCUT2D eigenvalue weighted by atomic mass is 9.87. The molecular formula is C37H34N2O3. The van der Waals surface area contributed by atoms with E-state index in [1.807, 2.05) is 77.7 Å². The second kappa shape index (κ2) is 14.0. The molecule has 0 aliphatic heterocycles. The number of hydrogen-bond acceptors (Lipinski definition) is 3. The molecule has 0 aliphatic carbocycles. The van der Waals surface area contributed by atoms with Gasteiger partial charge in [-0.3, -0.25) is 9.78 Å². The third-order valence-corrected chi connectivity index (χ3v) is 7.70. The van der Waals surface area contributed by atoms with Crippen molar-refractivity contribution < 1.29 is 14.7 Å². The second-order valence-corrected chi connectivity index (χ2v) is 10.4. The van der Waals surface area contributed by atoms with Crippen molar-refractivity contribution in [2.24, 2.45) is 0 Å². The van der Waals surface area contributed by atoms with E-state index in [1.54, 1.807) is 0 Å². The monoisotopic (exact) mass is 554 g/mol. The van der Waals surface area contributed by atoms with E-state index in [2.05, 4.69) is 53.5 Å². The zero-order valence-corrected chi connectivity index (χ0v) is 23.4. The van der Waals surface area contributed by atoms with Gasteiger partial charge in [-0.2, -0.15) is 0 Å². The van der Waals surface area contributed by atoms with Crippen molar-refractivity contribution >= 4 is 11.9 Å². The number of nitrogens with zero attached hydrogens (tertiary/aromatic N) is 2. The van der Waals surface area contributed by atoms with Gasteiger partial charge >= 0.3 is 5.97 Å². The Morgan fingerprint density at radius 3 is 1.33 bits per heavy atom. The zero-order valence-electron chi connectivity index (χ0n) is 23.4. The van der Waals surface area contributed by atoms with Gasteiger partial charge in [-0.1, -0.05) is 121 Å². The van der Waals surface area contributed by atoms with Gasteiger partial charge in [0.1, 0.15) is 5.69 Å². The minimum absolute atomic E-state index is 0.0474. The standard InChI is InChI=1S/C37H34N2O3/c40-36(35-27-32(37(41)42)21-24-38-35)39(25-22-33(28-13-5-1-6-14-28)29-15-7-2-8-16-29)26-23-34(30-17-9-3-10-18-30)31-19-11-4-12-20-31/h1-21,24,27,33-34H,22-23,25-26H2,(H,41,42). The summed E-state index contributed by atoms with van der Waals surface area (Å²) in [6, 6.07) is 44.2. The summed E-state index contributed by atoms with van der Waals surface area (Å²) >= 11 is 0. The van der Waals surface area contributed by atoms with Crippen LogP contribution in [0.1, 0.15) is 67.8 Å². The van der Waals surface area contributed by atoms with Gasteiger partial charge in [0.05, 0.1) is 5.56 Å². The molecule has 5 rings (SSSR count). The number of carbonyl (C=O) groups excluding carboxylic acids is 1. The molecule has 0 saturated carbocycles. The predicted octanol–water partition coefficient (Wildman–Crippen LogP) is 7.67. The smallest absolute Gasteiger partial charge is 0.335 e. The van der Waals surface area contributed by atoms with E-state index in [-0.39, 0.29) is 29.0 Å². The van der Waals surface area contributed by atoms with E-state index in [0.29, 0.717) is 25.9 Å². The molecule has 42 heavy (non-hydrogen) atoms. The van der Waals surface area contributed by atoms with Crippen LogP contribution < -0.4 is 0 Å². The molecule has 5 aromatic rings. The minimum atomic E-state index is -1.08. The third kappa shape index (κ3) is 7.18. The molecule has 0 unspecified atom stereocenters. The maximum absolute atomic E-state index is 14.0. The Kier molecular flexibility index (Phi) is 9.53. The first-order chi connectivity index (χ1) is 20.6. The van der Waals surface area contributed by atoms with Crippen molar-refractivity contribution in [2.45, 2.75) is 24.7 Å². The number of carboxylic acid groups (broad SMARTS) is 1. The van der Waals surface area contributed by atoms with E-state index < -0.39 is 5.97 Å². The summed E-state index contributed by atoms with van der Waals surface area (Å²) in [5, 5.41) is 9.53. The molecule has 5 heteroatoms. The lowest BCUT2D eigenvalue weighted by Gasteiger charge is -2.28. The summed E-state index contributed by atoms with van der Waals surface area (Å²) in [7, 11) is 0. The SMILES string of the molecule is O=C(O)c1ccnc(C(=O)N(CCC(c2ccccc2)c2ccccc2)CCC(c2ccccc2)c2ccccc2)c1.